The van der Waals surface area contributed by atoms with Crippen LogP contribution in [0.2, 0.25) is 0 Å². The van der Waals surface area contributed by atoms with Gasteiger partial charge < -0.3 is 10.0 Å². The van der Waals surface area contributed by atoms with Crippen LogP contribution in [0.25, 0.3) is 5.69 Å². The van der Waals surface area contributed by atoms with Crippen molar-refractivity contribution in [2.24, 2.45) is 0 Å². The van der Waals surface area contributed by atoms with Gasteiger partial charge in [0.15, 0.2) is 0 Å². The number of rotatable bonds is 6. The zero-order valence-electron chi connectivity index (χ0n) is 16.0. The molecule has 1 atom stereocenters. The van der Waals surface area contributed by atoms with Gasteiger partial charge in [0.25, 0.3) is 5.91 Å². The van der Waals surface area contributed by atoms with E-state index in [4.69, 9.17) is 5.11 Å². The SMILES string of the molecule is CN(CCO)Cc1cn(-c2ccc3c(c2)CN(C2CCC(=O)NC2=O)C3=O)nn1. The third-order valence-corrected chi connectivity index (χ3v) is 5.23. The summed E-state index contributed by atoms with van der Waals surface area (Å²) >= 11 is 0. The van der Waals surface area contributed by atoms with Crippen LogP contribution in [-0.4, -0.2) is 73.9 Å². The summed E-state index contributed by atoms with van der Waals surface area (Å²) in [7, 11) is 1.89. The highest BCUT2D eigenvalue weighted by Gasteiger charge is 2.39. The van der Waals surface area contributed by atoms with Gasteiger partial charge in [0.2, 0.25) is 11.8 Å². The van der Waals surface area contributed by atoms with Crippen LogP contribution in [0, 0.1) is 0 Å². The molecule has 0 spiro atoms. The highest BCUT2D eigenvalue weighted by Crippen LogP contribution is 2.29. The summed E-state index contributed by atoms with van der Waals surface area (Å²) in [5.41, 5.74) is 2.90. The van der Waals surface area contributed by atoms with Crippen molar-refractivity contribution in [1.82, 2.24) is 30.1 Å². The van der Waals surface area contributed by atoms with E-state index < -0.39 is 11.9 Å². The van der Waals surface area contributed by atoms with E-state index >= 15 is 0 Å². The molecule has 2 N–H and O–H groups in total. The molecule has 10 heteroatoms. The predicted octanol–water partition coefficient (Wildman–Crippen LogP) is -0.548. The molecule has 0 aliphatic carbocycles. The molecule has 10 nitrogen and oxygen atoms in total. The molecule has 2 aromatic rings. The fourth-order valence-electron chi connectivity index (χ4n) is 3.73. The van der Waals surface area contributed by atoms with Crippen molar-refractivity contribution in [1.29, 1.82) is 0 Å². The van der Waals surface area contributed by atoms with Gasteiger partial charge in [-0.15, -0.1) is 5.10 Å². The van der Waals surface area contributed by atoms with E-state index in [1.54, 1.807) is 16.8 Å². The lowest BCUT2D eigenvalue weighted by molar-refractivity contribution is -0.136. The molecule has 0 bridgehead atoms. The van der Waals surface area contributed by atoms with E-state index in [9.17, 15) is 14.4 Å². The number of aliphatic hydroxyl groups is 1. The highest BCUT2D eigenvalue weighted by molar-refractivity contribution is 6.05. The van der Waals surface area contributed by atoms with Crippen LogP contribution in [0.3, 0.4) is 0 Å². The monoisotopic (exact) mass is 398 g/mol. The summed E-state index contributed by atoms with van der Waals surface area (Å²) in [6.45, 7) is 1.50. The normalized spacial score (nSPS) is 19.1. The van der Waals surface area contributed by atoms with Gasteiger partial charge in [-0.2, -0.15) is 0 Å². The Bertz CT molecular complexity index is 971. The molecular formula is C19H22N6O4. The summed E-state index contributed by atoms with van der Waals surface area (Å²) < 4.78 is 1.64. The summed E-state index contributed by atoms with van der Waals surface area (Å²) in [5, 5.41) is 19.6. The number of fused-ring (bicyclic) bond motifs is 1. The molecule has 0 saturated carbocycles. The summed E-state index contributed by atoms with van der Waals surface area (Å²) in [6.07, 6.45) is 2.38. The number of aliphatic hydroxyl groups excluding tert-OH is 1. The summed E-state index contributed by atoms with van der Waals surface area (Å²) in [6, 6.07) is 4.77. The largest absolute Gasteiger partial charge is 0.395 e. The van der Waals surface area contributed by atoms with Crippen LogP contribution in [0.1, 0.15) is 34.5 Å². The molecular weight excluding hydrogens is 376 g/mol. The van der Waals surface area contributed by atoms with Crippen molar-refractivity contribution in [2.45, 2.75) is 32.0 Å². The standard InChI is InChI=1S/C19H22N6O4/c1-23(6-7-26)10-13-11-25(22-21-13)14-2-3-15-12(8-14)9-24(19(15)29)16-4-5-17(27)20-18(16)28/h2-3,8,11,16,26H,4-7,9-10H2,1H3,(H,20,27,28). The van der Waals surface area contributed by atoms with Crippen LogP contribution < -0.4 is 5.32 Å². The minimum absolute atomic E-state index is 0.0766. The van der Waals surface area contributed by atoms with Crippen molar-refractivity contribution in [3.8, 4) is 5.69 Å². The molecule has 3 amide bonds. The molecule has 1 unspecified atom stereocenters. The van der Waals surface area contributed by atoms with Crippen molar-refractivity contribution >= 4 is 17.7 Å². The number of hydrogen-bond donors (Lipinski definition) is 2. The molecule has 1 aromatic carbocycles. The lowest BCUT2D eigenvalue weighted by Gasteiger charge is -2.29. The number of amides is 3. The Balaban J connectivity index is 1.51. The smallest absolute Gasteiger partial charge is 0.255 e. The Labute approximate surface area is 167 Å². The lowest BCUT2D eigenvalue weighted by Crippen LogP contribution is -2.52. The Morgan fingerprint density at radius 2 is 2.14 bits per heavy atom. The number of imide groups is 1. The molecule has 1 fully saturated rings. The van der Waals surface area contributed by atoms with Gasteiger partial charge >= 0.3 is 0 Å². The molecule has 2 aliphatic heterocycles. The summed E-state index contributed by atoms with van der Waals surface area (Å²) in [5.74, 6) is -0.925. The summed E-state index contributed by atoms with van der Waals surface area (Å²) in [4.78, 5) is 39.7. The second-order valence-corrected chi connectivity index (χ2v) is 7.36. The Morgan fingerprint density at radius 1 is 1.31 bits per heavy atom. The van der Waals surface area contributed by atoms with Crippen molar-refractivity contribution < 1.29 is 19.5 Å². The number of carbonyl (C=O) groups is 3. The van der Waals surface area contributed by atoms with E-state index in [0.717, 1.165) is 16.9 Å². The van der Waals surface area contributed by atoms with Gasteiger partial charge in [-0.1, -0.05) is 5.21 Å². The number of likely N-dealkylation sites (N-methyl/N-ethyl adjacent to an activating group) is 1. The van der Waals surface area contributed by atoms with Gasteiger partial charge in [-0.05, 0) is 37.2 Å². The number of nitrogens with zero attached hydrogens (tertiary/aromatic N) is 5. The second-order valence-electron chi connectivity index (χ2n) is 7.36. The number of benzene rings is 1. The Morgan fingerprint density at radius 3 is 2.90 bits per heavy atom. The van der Waals surface area contributed by atoms with E-state index in [0.29, 0.717) is 31.6 Å². The zero-order chi connectivity index (χ0) is 20.5. The van der Waals surface area contributed by atoms with E-state index in [-0.39, 0.29) is 24.8 Å². The van der Waals surface area contributed by atoms with Crippen LogP contribution in [0.15, 0.2) is 24.4 Å². The zero-order valence-corrected chi connectivity index (χ0v) is 16.0. The number of nitrogens with one attached hydrogen (secondary N) is 1. The first-order valence-electron chi connectivity index (χ1n) is 9.45. The van der Waals surface area contributed by atoms with Gasteiger partial charge in [0.05, 0.1) is 24.2 Å². The van der Waals surface area contributed by atoms with E-state index in [1.807, 2.05) is 24.2 Å². The molecule has 2 aliphatic rings. The van der Waals surface area contributed by atoms with Crippen molar-refractivity contribution in [2.75, 3.05) is 20.2 Å². The molecule has 29 heavy (non-hydrogen) atoms. The fourth-order valence-corrected chi connectivity index (χ4v) is 3.73. The van der Waals surface area contributed by atoms with Crippen LogP contribution in [-0.2, 0) is 22.7 Å². The topological polar surface area (TPSA) is 121 Å². The molecule has 152 valence electrons. The van der Waals surface area contributed by atoms with Crippen molar-refractivity contribution in [3.05, 3.63) is 41.2 Å². The Hall–Kier alpha value is -3.11. The molecule has 1 saturated heterocycles. The average molecular weight is 398 g/mol. The van der Waals surface area contributed by atoms with Gasteiger partial charge in [-0.3, -0.25) is 24.6 Å². The van der Waals surface area contributed by atoms with Gasteiger partial charge in [0, 0.05) is 31.6 Å². The third kappa shape index (κ3) is 3.76. The Kier molecular flexibility index (Phi) is 5.12. The number of hydrogen-bond acceptors (Lipinski definition) is 7. The minimum atomic E-state index is -0.629. The van der Waals surface area contributed by atoms with Gasteiger partial charge in [0.1, 0.15) is 6.04 Å². The maximum absolute atomic E-state index is 12.8. The average Bonchev–Trinajstić information content (AvgIpc) is 3.26. The quantitative estimate of drug-likeness (QED) is 0.627. The second kappa shape index (κ2) is 7.72. The van der Waals surface area contributed by atoms with Crippen molar-refractivity contribution in [3.63, 3.8) is 0 Å². The lowest BCUT2D eigenvalue weighted by atomic mass is 10.0. The first kappa shape index (κ1) is 19.2. The van der Waals surface area contributed by atoms with E-state index in [1.165, 1.54) is 4.90 Å². The van der Waals surface area contributed by atoms with Gasteiger partial charge in [-0.25, -0.2) is 4.68 Å². The first-order chi connectivity index (χ1) is 14.0. The molecule has 1 aromatic heterocycles. The fraction of sp³-hybridized carbons (Fsp3) is 0.421. The number of carbonyl (C=O) groups excluding carboxylic acids is 3. The molecule has 4 rings (SSSR count). The maximum atomic E-state index is 12.8. The number of aromatic nitrogens is 3. The first-order valence-corrected chi connectivity index (χ1v) is 9.45. The highest BCUT2D eigenvalue weighted by atomic mass is 16.3. The minimum Gasteiger partial charge on any atom is -0.395 e. The molecule has 0 radical (unpaired) electrons. The van der Waals surface area contributed by atoms with Crippen LogP contribution in [0.5, 0.6) is 0 Å². The van der Waals surface area contributed by atoms with Crippen LogP contribution in [0.4, 0.5) is 0 Å². The van der Waals surface area contributed by atoms with E-state index in [2.05, 4.69) is 15.6 Å². The third-order valence-electron chi connectivity index (χ3n) is 5.23. The molecule has 3 heterocycles. The maximum Gasteiger partial charge on any atom is 0.255 e. The predicted molar refractivity (Wildman–Crippen MR) is 101 cm³/mol. The number of piperidine rings is 1. The van der Waals surface area contributed by atoms with Crippen LogP contribution >= 0.6 is 0 Å².